The second-order valence-electron chi connectivity index (χ2n) is 6.54. The van der Waals surface area contributed by atoms with Gasteiger partial charge in [-0.1, -0.05) is 25.1 Å². The van der Waals surface area contributed by atoms with E-state index in [1.807, 2.05) is 0 Å². The number of hydrogen-bond acceptors (Lipinski definition) is 7. The third-order valence-electron chi connectivity index (χ3n) is 4.19. The van der Waals surface area contributed by atoms with Crippen LogP contribution in [-0.2, 0) is 21.4 Å². The number of sulfonamides is 1. The van der Waals surface area contributed by atoms with Gasteiger partial charge in [-0.2, -0.15) is 4.98 Å². The third kappa shape index (κ3) is 6.20. The zero-order valence-corrected chi connectivity index (χ0v) is 17.4. The maximum Gasteiger partial charge on any atom is 0.238 e. The second-order valence-corrected chi connectivity index (χ2v) is 8.10. The Kier molecular flexibility index (Phi) is 6.78. The molecule has 11 heteroatoms. The molecule has 2 aromatic carbocycles. The van der Waals surface area contributed by atoms with Crippen molar-refractivity contribution in [2.45, 2.75) is 24.8 Å². The summed E-state index contributed by atoms with van der Waals surface area (Å²) in [6, 6.07) is 12.9. The van der Waals surface area contributed by atoms with Crippen molar-refractivity contribution in [1.82, 2.24) is 15.3 Å². The predicted molar refractivity (Wildman–Crippen MR) is 115 cm³/mol. The fourth-order valence-corrected chi connectivity index (χ4v) is 3.12. The summed E-state index contributed by atoms with van der Waals surface area (Å²) in [5.74, 6) is -0.704. The smallest absolute Gasteiger partial charge is 0.238 e. The number of carbonyl (C=O) groups excluding carboxylic acids is 1. The van der Waals surface area contributed by atoms with Crippen LogP contribution in [0.15, 0.2) is 59.6 Å². The maximum atomic E-state index is 14.2. The molecule has 0 fully saturated rings. The second kappa shape index (κ2) is 9.49. The van der Waals surface area contributed by atoms with E-state index in [1.54, 1.807) is 37.3 Å². The van der Waals surface area contributed by atoms with Crippen LogP contribution < -0.4 is 21.1 Å². The number of hydrogen-bond donors (Lipinski definition) is 4. The highest BCUT2D eigenvalue weighted by molar-refractivity contribution is 7.89. The quantitative estimate of drug-likeness (QED) is 0.419. The Morgan fingerprint density at radius 3 is 2.52 bits per heavy atom. The SMILES string of the molecule is CCC(=O)NCc1ccc(Nc2nc(Nc3cccc(S(N)(=O)=O)c3)ncc2F)cc1. The summed E-state index contributed by atoms with van der Waals surface area (Å²) in [5.41, 5.74) is 1.86. The Morgan fingerprint density at radius 1 is 1.10 bits per heavy atom. The molecule has 0 unspecified atom stereocenters. The Morgan fingerprint density at radius 2 is 1.84 bits per heavy atom. The number of benzene rings is 2. The lowest BCUT2D eigenvalue weighted by molar-refractivity contribution is -0.120. The van der Waals surface area contributed by atoms with Gasteiger partial charge in [0.1, 0.15) is 0 Å². The average molecular weight is 444 g/mol. The van der Waals surface area contributed by atoms with E-state index in [1.165, 1.54) is 18.2 Å². The molecule has 0 atom stereocenters. The van der Waals surface area contributed by atoms with Crippen molar-refractivity contribution in [2.75, 3.05) is 10.6 Å². The van der Waals surface area contributed by atoms with Crippen molar-refractivity contribution in [3.8, 4) is 0 Å². The average Bonchev–Trinajstić information content (AvgIpc) is 2.75. The Bertz CT molecular complexity index is 1190. The van der Waals surface area contributed by atoms with E-state index in [0.717, 1.165) is 11.8 Å². The molecule has 9 nitrogen and oxygen atoms in total. The molecule has 0 spiro atoms. The molecule has 1 heterocycles. The highest BCUT2D eigenvalue weighted by Crippen LogP contribution is 2.22. The van der Waals surface area contributed by atoms with Crippen molar-refractivity contribution >= 4 is 39.1 Å². The van der Waals surface area contributed by atoms with Crippen molar-refractivity contribution < 1.29 is 17.6 Å². The van der Waals surface area contributed by atoms with Gasteiger partial charge in [-0.05, 0) is 35.9 Å². The first-order valence-electron chi connectivity index (χ1n) is 9.29. The number of carbonyl (C=O) groups is 1. The first-order chi connectivity index (χ1) is 14.7. The summed E-state index contributed by atoms with van der Waals surface area (Å²) in [5, 5.41) is 13.6. The van der Waals surface area contributed by atoms with Gasteiger partial charge in [-0.25, -0.2) is 22.9 Å². The molecule has 31 heavy (non-hydrogen) atoms. The van der Waals surface area contributed by atoms with Crippen LogP contribution in [0.2, 0.25) is 0 Å². The molecule has 5 N–H and O–H groups in total. The molecular formula is C20H21FN6O3S. The van der Waals surface area contributed by atoms with Gasteiger partial charge in [-0.15, -0.1) is 0 Å². The summed E-state index contributed by atoms with van der Waals surface area (Å²) in [6.45, 7) is 2.18. The van der Waals surface area contributed by atoms with Crippen LogP contribution in [0.25, 0.3) is 0 Å². The normalized spacial score (nSPS) is 11.1. The van der Waals surface area contributed by atoms with Gasteiger partial charge in [0.15, 0.2) is 11.6 Å². The number of primary sulfonamides is 1. The highest BCUT2D eigenvalue weighted by atomic mass is 32.2. The van der Waals surface area contributed by atoms with Gasteiger partial charge in [-0.3, -0.25) is 4.79 Å². The number of halogens is 1. The van der Waals surface area contributed by atoms with Gasteiger partial charge in [0.05, 0.1) is 11.1 Å². The molecule has 3 aromatic rings. The number of nitrogens with two attached hydrogens (primary N) is 1. The third-order valence-corrected chi connectivity index (χ3v) is 5.10. The topological polar surface area (TPSA) is 139 Å². The van der Waals surface area contributed by atoms with Crippen LogP contribution in [0.5, 0.6) is 0 Å². The molecule has 0 bridgehead atoms. The van der Waals surface area contributed by atoms with E-state index >= 15 is 0 Å². The predicted octanol–water partition coefficient (Wildman–Crippen LogP) is 2.78. The molecule has 3 rings (SSSR count). The fraction of sp³-hybridized carbons (Fsp3) is 0.150. The van der Waals surface area contributed by atoms with Crippen LogP contribution in [0.4, 0.5) is 27.5 Å². The van der Waals surface area contributed by atoms with E-state index in [-0.39, 0.29) is 22.6 Å². The lowest BCUT2D eigenvalue weighted by Gasteiger charge is -2.11. The first-order valence-corrected chi connectivity index (χ1v) is 10.8. The minimum Gasteiger partial charge on any atom is -0.352 e. The number of rotatable bonds is 8. The van der Waals surface area contributed by atoms with Crippen LogP contribution in [-0.4, -0.2) is 24.3 Å². The van der Waals surface area contributed by atoms with Gasteiger partial charge in [0.2, 0.25) is 21.9 Å². The van der Waals surface area contributed by atoms with Crippen LogP contribution >= 0.6 is 0 Å². The van der Waals surface area contributed by atoms with Crippen LogP contribution in [0.1, 0.15) is 18.9 Å². The molecule has 1 amide bonds. The van der Waals surface area contributed by atoms with E-state index in [4.69, 9.17) is 5.14 Å². The molecule has 162 valence electrons. The molecule has 1 aromatic heterocycles. The molecular weight excluding hydrogens is 423 g/mol. The molecule has 0 aliphatic heterocycles. The van der Waals surface area contributed by atoms with Crippen molar-refractivity contribution in [1.29, 1.82) is 0 Å². The molecule has 0 saturated carbocycles. The molecule has 0 aliphatic rings. The summed E-state index contributed by atoms with van der Waals surface area (Å²) >= 11 is 0. The number of nitrogens with zero attached hydrogens (tertiary/aromatic N) is 2. The Balaban J connectivity index is 1.72. The lowest BCUT2D eigenvalue weighted by atomic mass is 10.2. The van der Waals surface area contributed by atoms with E-state index < -0.39 is 15.8 Å². The summed E-state index contributed by atoms with van der Waals surface area (Å²) < 4.78 is 37.2. The number of anilines is 4. The standard InChI is InChI=1S/C20H21FN6O3S/c1-2-18(28)23-11-13-6-8-14(9-7-13)25-19-17(21)12-24-20(27-19)26-15-4-3-5-16(10-15)31(22,29)30/h3-10,12H,2,11H2,1H3,(H,23,28)(H2,22,29,30)(H2,24,25,26,27). The number of nitrogens with one attached hydrogen (secondary N) is 3. The van der Waals surface area contributed by atoms with E-state index in [9.17, 15) is 17.6 Å². The van der Waals surface area contributed by atoms with Crippen LogP contribution in [0, 0.1) is 5.82 Å². The van der Waals surface area contributed by atoms with E-state index in [0.29, 0.717) is 24.3 Å². The van der Waals surface area contributed by atoms with Gasteiger partial charge < -0.3 is 16.0 Å². The first kappa shape index (κ1) is 22.1. The van der Waals surface area contributed by atoms with Gasteiger partial charge in [0.25, 0.3) is 0 Å². The molecule has 0 saturated heterocycles. The highest BCUT2D eigenvalue weighted by Gasteiger charge is 2.11. The Labute approximate surface area is 179 Å². The van der Waals surface area contributed by atoms with Crippen molar-refractivity contribution in [3.05, 3.63) is 66.1 Å². The molecule has 0 radical (unpaired) electrons. The van der Waals surface area contributed by atoms with Crippen molar-refractivity contribution in [2.24, 2.45) is 5.14 Å². The summed E-state index contributed by atoms with van der Waals surface area (Å²) in [4.78, 5) is 19.2. The minimum atomic E-state index is -3.86. The van der Waals surface area contributed by atoms with Gasteiger partial charge in [0, 0.05) is 24.3 Å². The van der Waals surface area contributed by atoms with E-state index in [2.05, 4.69) is 25.9 Å². The number of aromatic nitrogens is 2. The Hall–Kier alpha value is -3.57. The van der Waals surface area contributed by atoms with Crippen molar-refractivity contribution in [3.63, 3.8) is 0 Å². The van der Waals surface area contributed by atoms with Gasteiger partial charge >= 0.3 is 0 Å². The molecule has 0 aliphatic carbocycles. The van der Waals surface area contributed by atoms with Crippen LogP contribution in [0.3, 0.4) is 0 Å². The minimum absolute atomic E-state index is 0.0418. The maximum absolute atomic E-state index is 14.2. The zero-order chi connectivity index (χ0) is 22.4. The fourth-order valence-electron chi connectivity index (χ4n) is 2.56. The monoisotopic (exact) mass is 444 g/mol. The summed E-state index contributed by atoms with van der Waals surface area (Å²) in [7, 11) is -3.86. The number of amides is 1. The largest absolute Gasteiger partial charge is 0.352 e. The summed E-state index contributed by atoms with van der Waals surface area (Å²) in [6.07, 6.45) is 1.41. The zero-order valence-electron chi connectivity index (χ0n) is 16.6. The lowest BCUT2D eigenvalue weighted by Crippen LogP contribution is -2.21.